The molecule has 23 heavy (non-hydrogen) atoms. The fraction of sp³-hybridized carbons (Fsp3) is 0.562. The second kappa shape index (κ2) is 6.78. The first-order chi connectivity index (χ1) is 10.6. The summed E-state index contributed by atoms with van der Waals surface area (Å²) in [5.74, 6) is 0.415. The van der Waals surface area contributed by atoms with Gasteiger partial charge in [0.05, 0.1) is 11.5 Å². The molecule has 2 rings (SSSR count). The first-order valence-corrected chi connectivity index (χ1v) is 9.48. The minimum atomic E-state index is -2.90. The number of carbonyl (C=O) groups is 1. The molecule has 7 heteroatoms. The lowest BCUT2D eigenvalue weighted by atomic mass is 10.1. The monoisotopic (exact) mass is 340 g/mol. The third-order valence-electron chi connectivity index (χ3n) is 3.37. The van der Waals surface area contributed by atoms with Gasteiger partial charge in [-0.25, -0.2) is 13.2 Å². The molecule has 1 amide bonds. The van der Waals surface area contributed by atoms with Crippen molar-refractivity contribution in [2.45, 2.75) is 45.4 Å². The van der Waals surface area contributed by atoms with E-state index in [1.54, 1.807) is 0 Å². The van der Waals surface area contributed by atoms with Crippen molar-refractivity contribution in [3.05, 3.63) is 29.8 Å². The minimum absolute atomic E-state index is 0.0472. The van der Waals surface area contributed by atoms with Crippen LogP contribution in [0.25, 0.3) is 0 Å². The summed E-state index contributed by atoms with van der Waals surface area (Å²) in [5, 5.41) is 5.94. The van der Waals surface area contributed by atoms with E-state index in [0.29, 0.717) is 13.0 Å². The Kier molecular flexibility index (Phi) is 5.19. The summed E-state index contributed by atoms with van der Waals surface area (Å²) in [7, 11) is -2.90. The number of hydrogen-bond acceptors (Lipinski definition) is 5. The molecule has 1 unspecified atom stereocenters. The SMILES string of the molecule is CC(C)(C)OC(=O)NCc1cccc(NC2CCS(=O)(=O)C2)c1. The molecule has 0 spiro atoms. The Morgan fingerprint density at radius 1 is 1.35 bits per heavy atom. The van der Waals surface area contributed by atoms with Gasteiger partial charge in [0.2, 0.25) is 0 Å². The molecule has 0 aliphatic carbocycles. The van der Waals surface area contributed by atoms with E-state index in [1.165, 1.54) is 0 Å². The Bertz CT molecular complexity index is 665. The van der Waals surface area contributed by atoms with Gasteiger partial charge < -0.3 is 15.4 Å². The largest absolute Gasteiger partial charge is 0.444 e. The van der Waals surface area contributed by atoms with Crippen molar-refractivity contribution in [2.24, 2.45) is 0 Å². The number of nitrogens with one attached hydrogen (secondary N) is 2. The molecule has 0 aromatic heterocycles. The highest BCUT2D eigenvalue weighted by atomic mass is 32.2. The van der Waals surface area contributed by atoms with E-state index in [2.05, 4.69) is 10.6 Å². The quantitative estimate of drug-likeness (QED) is 0.878. The van der Waals surface area contributed by atoms with Gasteiger partial charge in [0.25, 0.3) is 0 Å². The predicted molar refractivity (Wildman–Crippen MR) is 90.2 cm³/mol. The van der Waals surface area contributed by atoms with Crippen LogP contribution in [-0.2, 0) is 21.1 Å². The smallest absolute Gasteiger partial charge is 0.407 e. The summed E-state index contributed by atoms with van der Waals surface area (Å²) in [6.07, 6.45) is 0.167. The van der Waals surface area contributed by atoms with Crippen molar-refractivity contribution in [3.63, 3.8) is 0 Å². The zero-order chi connectivity index (χ0) is 17.1. The van der Waals surface area contributed by atoms with Crippen LogP contribution in [-0.4, -0.2) is 37.7 Å². The van der Waals surface area contributed by atoms with Crippen LogP contribution in [0, 0.1) is 0 Å². The van der Waals surface area contributed by atoms with Gasteiger partial charge in [-0.1, -0.05) is 12.1 Å². The van der Waals surface area contributed by atoms with Crippen LogP contribution in [0.5, 0.6) is 0 Å². The van der Waals surface area contributed by atoms with Crippen molar-refractivity contribution in [1.29, 1.82) is 0 Å². The van der Waals surface area contributed by atoms with Gasteiger partial charge in [-0.3, -0.25) is 0 Å². The van der Waals surface area contributed by atoms with Gasteiger partial charge in [-0.05, 0) is 44.9 Å². The lowest BCUT2D eigenvalue weighted by molar-refractivity contribution is 0.0523. The molecule has 0 bridgehead atoms. The molecule has 1 heterocycles. The Morgan fingerprint density at radius 3 is 2.70 bits per heavy atom. The summed E-state index contributed by atoms with van der Waals surface area (Å²) in [6.45, 7) is 5.79. The summed E-state index contributed by atoms with van der Waals surface area (Å²) < 4.78 is 28.2. The van der Waals surface area contributed by atoms with Crippen LogP contribution in [0.15, 0.2) is 24.3 Å². The maximum atomic E-state index is 11.7. The number of benzene rings is 1. The molecule has 1 atom stereocenters. The molecule has 0 radical (unpaired) electrons. The van der Waals surface area contributed by atoms with Gasteiger partial charge in [0.1, 0.15) is 5.60 Å². The van der Waals surface area contributed by atoms with Crippen LogP contribution in [0.4, 0.5) is 10.5 Å². The number of amides is 1. The molecule has 1 aliphatic rings. The van der Waals surface area contributed by atoms with Gasteiger partial charge in [-0.15, -0.1) is 0 Å². The average Bonchev–Trinajstić information content (AvgIpc) is 2.74. The second-order valence-electron chi connectivity index (χ2n) is 6.80. The lowest BCUT2D eigenvalue weighted by Gasteiger charge is -2.20. The molecule has 1 aromatic rings. The number of sulfone groups is 1. The Hall–Kier alpha value is -1.76. The van der Waals surface area contributed by atoms with Crippen LogP contribution in [0.2, 0.25) is 0 Å². The van der Waals surface area contributed by atoms with E-state index in [4.69, 9.17) is 4.74 Å². The lowest BCUT2D eigenvalue weighted by Crippen LogP contribution is -2.32. The minimum Gasteiger partial charge on any atom is -0.444 e. The fourth-order valence-electron chi connectivity index (χ4n) is 2.40. The number of alkyl carbamates (subject to hydrolysis) is 1. The number of hydrogen-bond donors (Lipinski definition) is 2. The third-order valence-corrected chi connectivity index (χ3v) is 5.13. The molecule has 1 saturated heterocycles. The highest BCUT2D eigenvalue weighted by molar-refractivity contribution is 7.91. The summed E-state index contributed by atoms with van der Waals surface area (Å²) in [4.78, 5) is 11.7. The molecule has 128 valence electrons. The molecule has 1 aliphatic heterocycles. The van der Waals surface area contributed by atoms with Gasteiger partial charge in [0, 0.05) is 18.3 Å². The summed E-state index contributed by atoms with van der Waals surface area (Å²) in [5.41, 5.74) is 1.25. The van der Waals surface area contributed by atoms with Gasteiger partial charge in [-0.2, -0.15) is 0 Å². The predicted octanol–water partition coefficient (Wildman–Crippen LogP) is 2.31. The van der Waals surface area contributed by atoms with E-state index in [1.807, 2.05) is 45.0 Å². The number of anilines is 1. The Balaban J connectivity index is 1.89. The van der Waals surface area contributed by atoms with Gasteiger partial charge >= 0.3 is 6.09 Å². The first kappa shape index (κ1) is 17.6. The molecule has 2 N–H and O–H groups in total. The van der Waals surface area contributed by atoms with E-state index < -0.39 is 21.5 Å². The van der Waals surface area contributed by atoms with Crippen molar-refractivity contribution >= 4 is 21.6 Å². The molecule has 1 fully saturated rings. The topological polar surface area (TPSA) is 84.5 Å². The molecular weight excluding hydrogens is 316 g/mol. The highest BCUT2D eigenvalue weighted by Crippen LogP contribution is 2.18. The van der Waals surface area contributed by atoms with Crippen molar-refractivity contribution in [3.8, 4) is 0 Å². The zero-order valence-corrected chi connectivity index (χ0v) is 14.6. The maximum Gasteiger partial charge on any atom is 0.407 e. The summed E-state index contributed by atoms with van der Waals surface area (Å²) in [6, 6.07) is 7.52. The highest BCUT2D eigenvalue weighted by Gasteiger charge is 2.27. The van der Waals surface area contributed by atoms with Crippen LogP contribution in [0.3, 0.4) is 0 Å². The standard InChI is InChI=1S/C16H24N2O4S/c1-16(2,3)22-15(19)17-10-12-5-4-6-13(9-12)18-14-7-8-23(20,21)11-14/h4-6,9,14,18H,7-8,10-11H2,1-3H3,(H,17,19). The van der Waals surface area contributed by atoms with Gasteiger partial charge in [0.15, 0.2) is 9.84 Å². The normalized spacial score (nSPS) is 20.0. The third kappa shape index (κ3) is 6.09. The van der Waals surface area contributed by atoms with E-state index in [-0.39, 0.29) is 17.5 Å². The second-order valence-corrected chi connectivity index (χ2v) is 9.03. The van der Waals surface area contributed by atoms with Crippen molar-refractivity contribution in [1.82, 2.24) is 5.32 Å². The van der Waals surface area contributed by atoms with Crippen molar-refractivity contribution < 1.29 is 17.9 Å². The molecular formula is C16H24N2O4S. The number of rotatable bonds is 4. The number of ether oxygens (including phenoxy) is 1. The fourth-order valence-corrected chi connectivity index (χ4v) is 4.08. The molecule has 0 saturated carbocycles. The van der Waals surface area contributed by atoms with Crippen LogP contribution < -0.4 is 10.6 Å². The average molecular weight is 340 g/mol. The molecule has 6 nitrogen and oxygen atoms in total. The first-order valence-electron chi connectivity index (χ1n) is 7.66. The number of carbonyl (C=O) groups excluding carboxylic acids is 1. The van der Waals surface area contributed by atoms with Crippen molar-refractivity contribution in [2.75, 3.05) is 16.8 Å². The van der Waals surface area contributed by atoms with Crippen LogP contribution >= 0.6 is 0 Å². The van der Waals surface area contributed by atoms with E-state index in [0.717, 1.165) is 11.3 Å². The molecule has 1 aromatic carbocycles. The Morgan fingerprint density at radius 2 is 2.09 bits per heavy atom. The van der Waals surface area contributed by atoms with E-state index in [9.17, 15) is 13.2 Å². The maximum absolute atomic E-state index is 11.7. The van der Waals surface area contributed by atoms with E-state index >= 15 is 0 Å². The van der Waals surface area contributed by atoms with Crippen LogP contribution in [0.1, 0.15) is 32.8 Å². The zero-order valence-electron chi connectivity index (χ0n) is 13.8. The Labute approximate surface area is 137 Å². The summed E-state index contributed by atoms with van der Waals surface area (Å²) >= 11 is 0.